The molecule has 2 fully saturated rings. The molecule has 0 radical (unpaired) electrons. The summed E-state index contributed by atoms with van der Waals surface area (Å²) >= 11 is 0. The highest BCUT2D eigenvalue weighted by molar-refractivity contribution is 5.85. The van der Waals surface area contributed by atoms with E-state index in [1.165, 1.54) is 0 Å². The lowest BCUT2D eigenvalue weighted by Gasteiger charge is -2.26. The van der Waals surface area contributed by atoms with Crippen LogP contribution in [-0.2, 0) is 4.79 Å². The van der Waals surface area contributed by atoms with E-state index in [1.54, 1.807) is 0 Å². The van der Waals surface area contributed by atoms with E-state index in [9.17, 15) is 4.79 Å². The summed E-state index contributed by atoms with van der Waals surface area (Å²) in [5.41, 5.74) is 0. The molecule has 0 spiro atoms. The number of halogens is 1. The number of Topliss-reactive ketones (excluding diaryl/α,β-unsaturated/α-hetero) is 1. The van der Waals surface area contributed by atoms with Gasteiger partial charge in [-0.25, -0.2) is 0 Å². The monoisotopic (exact) mass is 204 g/mol. The van der Waals surface area contributed by atoms with Crippen LogP contribution in [0.4, 0.5) is 0 Å². The summed E-state index contributed by atoms with van der Waals surface area (Å²) in [6.45, 7) is 4.86. The molecule has 1 saturated heterocycles. The van der Waals surface area contributed by atoms with E-state index < -0.39 is 0 Å². The number of hydrogen-bond acceptors (Lipinski definition) is 3. The third-order valence-electron chi connectivity index (χ3n) is 2.62. The molecular formula is C9H17ClN2O. The van der Waals surface area contributed by atoms with Gasteiger partial charge in [-0.2, -0.15) is 0 Å². The van der Waals surface area contributed by atoms with Gasteiger partial charge in [0, 0.05) is 32.1 Å². The first-order valence-electron chi connectivity index (χ1n) is 4.82. The van der Waals surface area contributed by atoms with Gasteiger partial charge in [0.15, 0.2) is 0 Å². The molecule has 0 aromatic rings. The van der Waals surface area contributed by atoms with Crippen LogP contribution in [0.25, 0.3) is 0 Å². The van der Waals surface area contributed by atoms with E-state index in [0.717, 1.165) is 39.0 Å². The van der Waals surface area contributed by atoms with Crippen molar-refractivity contribution in [2.45, 2.75) is 12.8 Å². The molecule has 1 saturated carbocycles. The van der Waals surface area contributed by atoms with Gasteiger partial charge in [-0.3, -0.25) is 9.69 Å². The molecule has 2 rings (SSSR count). The van der Waals surface area contributed by atoms with Crippen molar-refractivity contribution >= 4 is 18.2 Å². The van der Waals surface area contributed by atoms with Crippen LogP contribution in [0, 0.1) is 5.92 Å². The van der Waals surface area contributed by atoms with Gasteiger partial charge in [0.25, 0.3) is 0 Å². The van der Waals surface area contributed by atoms with Crippen molar-refractivity contribution in [3.05, 3.63) is 0 Å². The predicted molar refractivity (Wildman–Crippen MR) is 54.3 cm³/mol. The van der Waals surface area contributed by atoms with Crippen LogP contribution in [0.1, 0.15) is 12.8 Å². The number of rotatable bonds is 3. The molecule has 0 bridgehead atoms. The maximum absolute atomic E-state index is 11.4. The maximum atomic E-state index is 11.4. The molecule has 76 valence electrons. The van der Waals surface area contributed by atoms with Crippen molar-refractivity contribution < 1.29 is 4.79 Å². The lowest BCUT2D eigenvalue weighted by atomic mass is 10.2. The van der Waals surface area contributed by atoms with Crippen molar-refractivity contribution in [2.75, 3.05) is 32.7 Å². The molecule has 1 heterocycles. The Balaban J connectivity index is 0.000000845. The molecular weight excluding hydrogens is 188 g/mol. The molecule has 0 atom stereocenters. The smallest absolute Gasteiger partial charge is 0.149 e. The van der Waals surface area contributed by atoms with Gasteiger partial charge in [0.05, 0.1) is 6.54 Å². The molecule has 13 heavy (non-hydrogen) atoms. The number of nitrogens with zero attached hydrogens (tertiary/aromatic N) is 1. The van der Waals surface area contributed by atoms with E-state index in [2.05, 4.69) is 10.2 Å². The van der Waals surface area contributed by atoms with Crippen molar-refractivity contribution in [3.63, 3.8) is 0 Å². The van der Waals surface area contributed by atoms with Crippen molar-refractivity contribution in [2.24, 2.45) is 5.92 Å². The molecule has 1 aliphatic carbocycles. The largest absolute Gasteiger partial charge is 0.314 e. The van der Waals surface area contributed by atoms with Crippen LogP contribution in [0.5, 0.6) is 0 Å². The molecule has 1 aliphatic heterocycles. The Morgan fingerprint density at radius 3 is 2.46 bits per heavy atom. The molecule has 1 N–H and O–H groups in total. The standard InChI is InChI=1S/C9H16N2O.ClH/c12-9(8-1-2-8)7-11-5-3-10-4-6-11;/h8,10H,1-7H2;1H. The Morgan fingerprint density at radius 1 is 1.31 bits per heavy atom. The van der Waals surface area contributed by atoms with E-state index >= 15 is 0 Å². The highest BCUT2D eigenvalue weighted by Crippen LogP contribution is 2.29. The zero-order chi connectivity index (χ0) is 8.39. The van der Waals surface area contributed by atoms with Crippen molar-refractivity contribution in [1.82, 2.24) is 10.2 Å². The zero-order valence-electron chi connectivity index (χ0n) is 7.79. The third-order valence-corrected chi connectivity index (χ3v) is 2.62. The van der Waals surface area contributed by atoms with Crippen LogP contribution in [0.2, 0.25) is 0 Å². The van der Waals surface area contributed by atoms with Crippen LogP contribution in [-0.4, -0.2) is 43.4 Å². The second kappa shape index (κ2) is 4.94. The van der Waals surface area contributed by atoms with Crippen LogP contribution in [0.15, 0.2) is 0 Å². The quantitative estimate of drug-likeness (QED) is 0.718. The van der Waals surface area contributed by atoms with Crippen molar-refractivity contribution in [3.8, 4) is 0 Å². The van der Waals surface area contributed by atoms with Gasteiger partial charge in [-0.05, 0) is 12.8 Å². The highest BCUT2D eigenvalue weighted by atomic mass is 35.5. The minimum atomic E-state index is 0. The van der Waals surface area contributed by atoms with Gasteiger partial charge in [-0.15, -0.1) is 12.4 Å². The Hall–Kier alpha value is -0.120. The lowest BCUT2D eigenvalue weighted by molar-refractivity contribution is -0.121. The highest BCUT2D eigenvalue weighted by Gasteiger charge is 2.30. The van der Waals surface area contributed by atoms with Gasteiger partial charge in [0.2, 0.25) is 0 Å². The number of ketones is 1. The molecule has 0 amide bonds. The summed E-state index contributed by atoms with van der Waals surface area (Å²) in [6, 6.07) is 0. The Labute approximate surface area is 85.3 Å². The van der Waals surface area contributed by atoms with Gasteiger partial charge in [0.1, 0.15) is 5.78 Å². The number of nitrogens with one attached hydrogen (secondary N) is 1. The molecule has 0 unspecified atom stereocenters. The minimum Gasteiger partial charge on any atom is -0.314 e. The average Bonchev–Trinajstić information content (AvgIpc) is 2.88. The van der Waals surface area contributed by atoms with Crippen LogP contribution >= 0.6 is 12.4 Å². The van der Waals surface area contributed by atoms with E-state index in [4.69, 9.17) is 0 Å². The minimum absolute atomic E-state index is 0. The van der Waals surface area contributed by atoms with E-state index in [1.807, 2.05) is 0 Å². The normalized spacial score (nSPS) is 23.7. The van der Waals surface area contributed by atoms with Gasteiger partial charge in [-0.1, -0.05) is 0 Å². The summed E-state index contributed by atoms with van der Waals surface area (Å²) in [7, 11) is 0. The zero-order valence-corrected chi connectivity index (χ0v) is 8.61. The Kier molecular flexibility index (Phi) is 4.16. The third kappa shape index (κ3) is 3.25. The number of carbonyl (C=O) groups is 1. The summed E-state index contributed by atoms with van der Waals surface area (Å²) in [5, 5.41) is 3.28. The SMILES string of the molecule is Cl.O=C(CN1CCNCC1)C1CC1. The van der Waals surface area contributed by atoms with Crippen LogP contribution < -0.4 is 5.32 Å². The van der Waals surface area contributed by atoms with E-state index in [0.29, 0.717) is 18.2 Å². The van der Waals surface area contributed by atoms with Gasteiger partial charge < -0.3 is 5.32 Å². The fourth-order valence-electron chi connectivity index (χ4n) is 1.62. The predicted octanol–water partition coefficient (Wildman–Crippen LogP) is 0.292. The Morgan fingerprint density at radius 2 is 1.92 bits per heavy atom. The lowest BCUT2D eigenvalue weighted by Crippen LogP contribution is -2.45. The number of piperazine rings is 1. The average molecular weight is 205 g/mol. The fraction of sp³-hybridized carbons (Fsp3) is 0.889. The first kappa shape index (κ1) is 11.0. The first-order valence-corrected chi connectivity index (χ1v) is 4.82. The number of carbonyl (C=O) groups excluding carboxylic acids is 1. The molecule has 3 nitrogen and oxygen atoms in total. The summed E-state index contributed by atoms with van der Waals surface area (Å²) in [5.74, 6) is 0.900. The van der Waals surface area contributed by atoms with E-state index in [-0.39, 0.29) is 12.4 Å². The van der Waals surface area contributed by atoms with Crippen molar-refractivity contribution in [1.29, 1.82) is 0 Å². The number of hydrogen-bond donors (Lipinski definition) is 1. The maximum Gasteiger partial charge on any atom is 0.149 e. The first-order chi connectivity index (χ1) is 5.86. The molecule has 0 aromatic heterocycles. The summed E-state index contributed by atoms with van der Waals surface area (Å²) in [4.78, 5) is 13.7. The molecule has 4 heteroatoms. The fourth-order valence-corrected chi connectivity index (χ4v) is 1.62. The van der Waals surface area contributed by atoms with Gasteiger partial charge >= 0.3 is 0 Å². The summed E-state index contributed by atoms with van der Waals surface area (Å²) < 4.78 is 0. The Bertz CT molecular complexity index is 176. The second-order valence-electron chi connectivity index (χ2n) is 3.77. The molecule has 0 aromatic carbocycles. The topological polar surface area (TPSA) is 32.3 Å². The summed E-state index contributed by atoms with van der Waals surface area (Å²) in [6.07, 6.45) is 2.29. The molecule has 2 aliphatic rings. The van der Waals surface area contributed by atoms with Crippen LogP contribution in [0.3, 0.4) is 0 Å². The second-order valence-corrected chi connectivity index (χ2v) is 3.77.